The maximum atomic E-state index is 6.29. The molecule has 1 saturated heterocycles. The molecule has 0 aromatic carbocycles. The van der Waals surface area contributed by atoms with E-state index in [2.05, 4.69) is 27.7 Å². The summed E-state index contributed by atoms with van der Waals surface area (Å²) >= 11 is 0. The van der Waals surface area contributed by atoms with Gasteiger partial charge in [-0.25, -0.2) is 0 Å². The Morgan fingerprint density at radius 1 is 1.40 bits per heavy atom. The number of rotatable bonds is 1. The Morgan fingerprint density at radius 3 is 2.60 bits per heavy atom. The van der Waals surface area contributed by atoms with Gasteiger partial charge in [0.1, 0.15) is 0 Å². The van der Waals surface area contributed by atoms with Gasteiger partial charge in [-0.1, -0.05) is 25.0 Å². The quantitative estimate of drug-likeness (QED) is 0.597. The Kier molecular flexibility index (Phi) is 1.29. The van der Waals surface area contributed by atoms with E-state index in [0.717, 1.165) is 29.6 Å². The van der Waals surface area contributed by atoms with E-state index in [0.29, 0.717) is 11.7 Å². The van der Waals surface area contributed by atoms with Crippen molar-refractivity contribution in [3.05, 3.63) is 11.1 Å². The molecule has 82 valence electrons. The maximum absolute atomic E-state index is 6.29. The van der Waals surface area contributed by atoms with Gasteiger partial charge in [0.05, 0.1) is 11.7 Å². The van der Waals surface area contributed by atoms with Crippen molar-refractivity contribution in [1.29, 1.82) is 0 Å². The average molecular weight is 204 g/mol. The molecule has 0 radical (unpaired) electrons. The largest absolute Gasteiger partial charge is 0.370 e. The van der Waals surface area contributed by atoms with E-state index in [4.69, 9.17) is 4.74 Å². The number of ether oxygens (including phenoxy) is 1. The fourth-order valence-electron chi connectivity index (χ4n) is 5.62. The summed E-state index contributed by atoms with van der Waals surface area (Å²) in [5.74, 6) is 4.23. The summed E-state index contributed by atoms with van der Waals surface area (Å²) in [5.41, 5.74) is 3.70. The Labute approximate surface area is 91.9 Å². The van der Waals surface area contributed by atoms with Crippen molar-refractivity contribution < 1.29 is 4.74 Å². The van der Waals surface area contributed by atoms with Crippen molar-refractivity contribution in [2.45, 2.75) is 45.8 Å². The lowest BCUT2D eigenvalue weighted by Gasteiger charge is -2.49. The lowest BCUT2D eigenvalue weighted by Crippen LogP contribution is -2.56. The van der Waals surface area contributed by atoms with E-state index < -0.39 is 0 Å². The zero-order valence-corrected chi connectivity index (χ0v) is 10.1. The average Bonchev–Trinajstić information content (AvgIpc) is 2.69. The predicted octanol–water partition coefficient (Wildman–Crippen LogP) is 3.01. The minimum atomic E-state index is 0.318. The summed E-state index contributed by atoms with van der Waals surface area (Å²) in [6, 6.07) is 0. The lowest BCUT2D eigenvalue weighted by atomic mass is 9.72. The molecule has 1 nitrogen and oxygen atoms in total. The minimum Gasteiger partial charge on any atom is -0.370 e. The summed E-state index contributed by atoms with van der Waals surface area (Å²) in [6.45, 7) is 9.30. The van der Waals surface area contributed by atoms with Gasteiger partial charge in [0, 0.05) is 11.8 Å². The third-order valence-corrected chi connectivity index (χ3v) is 5.76. The van der Waals surface area contributed by atoms with E-state index in [-0.39, 0.29) is 0 Å². The van der Waals surface area contributed by atoms with Crippen LogP contribution in [0.5, 0.6) is 0 Å². The van der Waals surface area contributed by atoms with E-state index >= 15 is 0 Å². The second-order valence-corrected chi connectivity index (χ2v) is 6.55. The molecule has 5 rings (SSSR count). The molecule has 4 saturated carbocycles. The molecule has 4 aliphatic carbocycles. The van der Waals surface area contributed by atoms with E-state index in [1.165, 1.54) is 6.42 Å². The minimum absolute atomic E-state index is 0.318. The first-order valence-corrected chi connectivity index (χ1v) is 6.44. The van der Waals surface area contributed by atoms with Gasteiger partial charge in [0.2, 0.25) is 0 Å². The monoisotopic (exact) mass is 204 g/mol. The Hall–Kier alpha value is -0.300. The molecule has 6 atom stereocenters. The first-order valence-electron chi connectivity index (χ1n) is 6.44. The van der Waals surface area contributed by atoms with Crippen molar-refractivity contribution in [2.24, 2.45) is 29.6 Å². The van der Waals surface area contributed by atoms with Gasteiger partial charge < -0.3 is 4.74 Å². The number of hydrogen-bond acceptors (Lipinski definition) is 1. The standard InChI is InChI=1S/C14H20O/c1-6(2)10-8-5-9-11(10)13-12(8)14(9,15-13)7(3)4/h7-9,11-13H,5H2,1-4H3. The van der Waals surface area contributed by atoms with Crippen LogP contribution in [0.25, 0.3) is 0 Å². The first kappa shape index (κ1) is 8.81. The summed E-state index contributed by atoms with van der Waals surface area (Å²) < 4.78 is 6.29. The summed E-state index contributed by atoms with van der Waals surface area (Å²) in [6.07, 6.45) is 2.06. The van der Waals surface area contributed by atoms with Gasteiger partial charge in [-0.3, -0.25) is 0 Å². The second kappa shape index (κ2) is 2.20. The Bertz CT molecular complexity index is 373. The predicted molar refractivity (Wildman–Crippen MR) is 59.4 cm³/mol. The third kappa shape index (κ3) is 0.627. The van der Waals surface area contributed by atoms with Crippen LogP contribution in [0.3, 0.4) is 0 Å². The molecule has 1 aliphatic heterocycles. The highest BCUT2D eigenvalue weighted by atomic mass is 16.6. The van der Waals surface area contributed by atoms with Crippen LogP contribution in [-0.4, -0.2) is 11.7 Å². The van der Waals surface area contributed by atoms with Crippen LogP contribution in [0.1, 0.15) is 34.1 Å². The van der Waals surface area contributed by atoms with Gasteiger partial charge >= 0.3 is 0 Å². The van der Waals surface area contributed by atoms with E-state index in [1.54, 1.807) is 11.1 Å². The zero-order valence-electron chi connectivity index (χ0n) is 10.1. The number of hydrogen-bond donors (Lipinski definition) is 0. The summed E-state index contributed by atoms with van der Waals surface area (Å²) in [4.78, 5) is 0. The van der Waals surface area contributed by atoms with Crippen molar-refractivity contribution in [2.75, 3.05) is 0 Å². The maximum Gasteiger partial charge on any atom is 0.0803 e. The molecule has 0 aromatic heterocycles. The molecule has 6 bridgehead atoms. The van der Waals surface area contributed by atoms with Crippen LogP contribution in [0.15, 0.2) is 11.1 Å². The fourth-order valence-corrected chi connectivity index (χ4v) is 5.62. The Balaban J connectivity index is 1.85. The first-order chi connectivity index (χ1) is 7.09. The molecule has 0 aromatic rings. The van der Waals surface area contributed by atoms with Gasteiger partial charge in [0.15, 0.2) is 0 Å². The molecule has 0 spiro atoms. The molecule has 0 amide bonds. The zero-order chi connectivity index (χ0) is 10.5. The topological polar surface area (TPSA) is 9.23 Å². The van der Waals surface area contributed by atoms with Crippen LogP contribution < -0.4 is 0 Å². The van der Waals surface area contributed by atoms with Crippen LogP contribution in [-0.2, 0) is 4.74 Å². The molecule has 1 heteroatoms. The van der Waals surface area contributed by atoms with Crippen LogP contribution >= 0.6 is 0 Å². The highest BCUT2D eigenvalue weighted by molar-refractivity contribution is 5.44. The van der Waals surface area contributed by atoms with Crippen molar-refractivity contribution in [3.8, 4) is 0 Å². The van der Waals surface area contributed by atoms with Gasteiger partial charge in [0.25, 0.3) is 0 Å². The van der Waals surface area contributed by atoms with Crippen molar-refractivity contribution >= 4 is 0 Å². The van der Waals surface area contributed by atoms with Crippen molar-refractivity contribution in [3.63, 3.8) is 0 Å². The molecule has 6 unspecified atom stereocenters. The van der Waals surface area contributed by atoms with Gasteiger partial charge in [-0.05, 0) is 38.0 Å². The molecular weight excluding hydrogens is 184 g/mol. The normalized spacial score (nSPS) is 58.2. The molecule has 0 N–H and O–H groups in total. The lowest BCUT2D eigenvalue weighted by molar-refractivity contribution is -0.229. The number of allylic oxidation sites excluding steroid dienone is 1. The van der Waals surface area contributed by atoms with Gasteiger partial charge in [-0.15, -0.1) is 0 Å². The molecule has 5 fully saturated rings. The summed E-state index contributed by atoms with van der Waals surface area (Å²) in [5, 5.41) is 0. The third-order valence-electron chi connectivity index (χ3n) is 5.76. The van der Waals surface area contributed by atoms with Crippen LogP contribution in [0, 0.1) is 29.6 Å². The Morgan fingerprint density at radius 2 is 2.13 bits per heavy atom. The highest BCUT2D eigenvalue weighted by Gasteiger charge is 2.83. The van der Waals surface area contributed by atoms with Crippen molar-refractivity contribution in [1.82, 2.24) is 0 Å². The molecule has 5 aliphatic rings. The smallest absolute Gasteiger partial charge is 0.0803 e. The molecule has 1 heterocycles. The van der Waals surface area contributed by atoms with Gasteiger partial charge in [-0.2, -0.15) is 0 Å². The molecule has 15 heavy (non-hydrogen) atoms. The van der Waals surface area contributed by atoms with E-state index in [9.17, 15) is 0 Å². The van der Waals surface area contributed by atoms with Crippen LogP contribution in [0.4, 0.5) is 0 Å². The van der Waals surface area contributed by atoms with E-state index in [1.807, 2.05) is 0 Å². The second-order valence-electron chi connectivity index (χ2n) is 6.55. The highest BCUT2D eigenvalue weighted by Crippen LogP contribution is 2.80. The fraction of sp³-hybridized carbons (Fsp3) is 0.857. The summed E-state index contributed by atoms with van der Waals surface area (Å²) in [7, 11) is 0. The van der Waals surface area contributed by atoms with Crippen LogP contribution in [0.2, 0.25) is 0 Å². The SMILES string of the molecule is CC(C)=C1C2CC3C1C1OC3(C(C)C)C21. The molecular formula is C14H20O.